The Balaban J connectivity index is 1.87. The highest BCUT2D eigenvalue weighted by molar-refractivity contribution is 5.78. The molecule has 3 nitrogen and oxygen atoms in total. The van der Waals surface area contributed by atoms with Crippen LogP contribution in [0.25, 0.3) is 0 Å². The van der Waals surface area contributed by atoms with Crippen LogP contribution >= 0.6 is 0 Å². The van der Waals surface area contributed by atoms with E-state index in [1.54, 1.807) is 6.08 Å². The third-order valence-electron chi connectivity index (χ3n) is 3.98. The first-order valence-corrected chi connectivity index (χ1v) is 5.94. The first-order valence-electron chi connectivity index (χ1n) is 5.94. The lowest BCUT2D eigenvalue weighted by molar-refractivity contribution is 0.0872. The van der Waals surface area contributed by atoms with E-state index >= 15 is 0 Å². The smallest absolute Gasteiger partial charge is 0.189 e. The standard InChI is InChI=1S/C12H21N3/c1-2-9-14-11(13)15-10-5-8-12(10)6-3-4-7-12/h2,10H,1,3-9H2,(H3,13,14,15). The van der Waals surface area contributed by atoms with Crippen molar-refractivity contribution in [1.29, 1.82) is 0 Å². The first kappa shape index (κ1) is 10.5. The van der Waals surface area contributed by atoms with E-state index in [1.165, 1.54) is 38.5 Å². The van der Waals surface area contributed by atoms with Crippen LogP contribution in [0.3, 0.4) is 0 Å². The lowest BCUT2D eigenvalue weighted by Gasteiger charge is -2.47. The van der Waals surface area contributed by atoms with Crippen LogP contribution in [0, 0.1) is 5.41 Å². The molecule has 0 radical (unpaired) electrons. The van der Waals surface area contributed by atoms with Crippen molar-refractivity contribution in [2.45, 2.75) is 44.6 Å². The zero-order chi connectivity index (χ0) is 10.7. The highest BCUT2D eigenvalue weighted by Crippen LogP contribution is 2.53. The highest BCUT2D eigenvalue weighted by Gasteiger charge is 2.48. The SMILES string of the molecule is C=CCN=C(N)NC1CCC12CCCC2. The van der Waals surface area contributed by atoms with E-state index in [1.807, 2.05) is 0 Å². The summed E-state index contributed by atoms with van der Waals surface area (Å²) in [6.45, 7) is 4.24. The Kier molecular flexibility index (Phi) is 2.98. The van der Waals surface area contributed by atoms with Gasteiger partial charge in [0.2, 0.25) is 0 Å². The molecule has 3 heteroatoms. The molecule has 0 bridgehead atoms. The number of aliphatic imine (C=N–C) groups is 1. The molecule has 2 fully saturated rings. The zero-order valence-electron chi connectivity index (χ0n) is 9.34. The van der Waals surface area contributed by atoms with Gasteiger partial charge >= 0.3 is 0 Å². The summed E-state index contributed by atoms with van der Waals surface area (Å²) >= 11 is 0. The number of rotatable bonds is 3. The van der Waals surface area contributed by atoms with E-state index in [9.17, 15) is 0 Å². The van der Waals surface area contributed by atoms with Crippen LogP contribution in [0.15, 0.2) is 17.6 Å². The maximum atomic E-state index is 5.81. The molecule has 1 atom stereocenters. The minimum absolute atomic E-state index is 0.564. The molecule has 15 heavy (non-hydrogen) atoms. The fourth-order valence-corrected chi connectivity index (χ4v) is 2.99. The predicted octanol–water partition coefficient (Wildman–Crippen LogP) is 1.80. The summed E-state index contributed by atoms with van der Waals surface area (Å²) in [4.78, 5) is 4.18. The Morgan fingerprint density at radius 1 is 1.47 bits per heavy atom. The third-order valence-corrected chi connectivity index (χ3v) is 3.98. The lowest BCUT2D eigenvalue weighted by atomic mass is 9.63. The molecular formula is C12H21N3. The van der Waals surface area contributed by atoms with Gasteiger partial charge < -0.3 is 11.1 Å². The molecule has 1 spiro atoms. The number of nitrogens with two attached hydrogens (primary N) is 1. The number of nitrogens with zero attached hydrogens (tertiary/aromatic N) is 1. The van der Waals surface area contributed by atoms with E-state index in [4.69, 9.17) is 5.73 Å². The van der Waals surface area contributed by atoms with Gasteiger partial charge in [-0.1, -0.05) is 18.9 Å². The molecule has 1 unspecified atom stereocenters. The summed E-state index contributed by atoms with van der Waals surface area (Å²) in [5, 5.41) is 3.36. The van der Waals surface area contributed by atoms with Crippen LogP contribution in [0.1, 0.15) is 38.5 Å². The molecule has 0 aromatic heterocycles. The molecule has 0 aromatic carbocycles. The topological polar surface area (TPSA) is 50.4 Å². The molecule has 84 valence electrons. The molecular weight excluding hydrogens is 186 g/mol. The normalized spacial score (nSPS) is 28.8. The van der Waals surface area contributed by atoms with E-state index in [2.05, 4.69) is 16.9 Å². The van der Waals surface area contributed by atoms with Crippen molar-refractivity contribution in [1.82, 2.24) is 5.32 Å². The Bertz CT molecular complexity index is 264. The maximum Gasteiger partial charge on any atom is 0.189 e. The van der Waals surface area contributed by atoms with Crippen LogP contribution in [0.2, 0.25) is 0 Å². The maximum absolute atomic E-state index is 5.81. The molecule has 2 rings (SSSR count). The Morgan fingerprint density at radius 2 is 2.20 bits per heavy atom. The lowest BCUT2D eigenvalue weighted by Crippen LogP contribution is -2.55. The number of hydrogen-bond donors (Lipinski definition) is 2. The largest absolute Gasteiger partial charge is 0.370 e. The number of nitrogens with one attached hydrogen (secondary N) is 1. The summed E-state index contributed by atoms with van der Waals surface area (Å²) in [5.74, 6) is 0.589. The fraction of sp³-hybridized carbons (Fsp3) is 0.750. The van der Waals surface area contributed by atoms with Gasteiger partial charge in [0.1, 0.15) is 0 Å². The van der Waals surface area contributed by atoms with Crippen LogP contribution < -0.4 is 11.1 Å². The average Bonchev–Trinajstić information content (AvgIpc) is 2.73. The van der Waals surface area contributed by atoms with Gasteiger partial charge in [-0.05, 0) is 31.1 Å². The van der Waals surface area contributed by atoms with E-state index < -0.39 is 0 Å². The monoisotopic (exact) mass is 207 g/mol. The molecule has 2 aliphatic carbocycles. The summed E-state index contributed by atoms with van der Waals surface area (Å²) < 4.78 is 0. The van der Waals surface area contributed by atoms with Crippen molar-refractivity contribution in [3.8, 4) is 0 Å². The summed E-state index contributed by atoms with van der Waals surface area (Å²) in [7, 11) is 0. The van der Waals surface area contributed by atoms with Crippen LogP contribution in [-0.4, -0.2) is 18.5 Å². The average molecular weight is 207 g/mol. The van der Waals surface area contributed by atoms with Gasteiger partial charge in [-0.25, -0.2) is 4.99 Å². The van der Waals surface area contributed by atoms with Gasteiger partial charge in [-0.15, -0.1) is 6.58 Å². The van der Waals surface area contributed by atoms with Crippen LogP contribution in [0.4, 0.5) is 0 Å². The molecule has 2 aliphatic rings. The number of guanidine groups is 1. The van der Waals surface area contributed by atoms with Crippen molar-refractivity contribution >= 4 is 5.96 Å². The van der Waals surface area contributed by atoms with E-state index in [0.29, 0.717) is 24.0 Å². The second-order valence-corrected chi connectivity index (χ2v) is 4.82. The molecule has 3 N–H and O–H groups in total. The van der Waals surface area contributed by atoms with E-state index in [-0.39, 0.29) is 0 Å². The summed E-state index contributed by atoms with van der Waals surface area (Å²) in [6, 6.07) is 0.577. The van der Waals surface area contributed by atoms with Gasteiger partial charge in [0.05, 0.1) is 6.54 Å². The van der Waals surface area contributed by atoms with Gasteiger partial charge in [-0.3, -0.25) is 0 Å². The third kappa shape index (κ3) is 2.01. The van der Waals surface area contributed by atoms with Gasteiger partial charge in [-0.2, -0.15) is 0 Å². The van der Waals surface area contributed by atoms with Crippen LogP contribution in [-0.2, 0) is 0 Å². The minimum atomic E-state index is 0.564. The van der Waals surface area contributed by atoms with Crippen molar-refractivity contribution in [2.24, 2.45) is 16.1 Å². The minimum Gasteiger partial charge on any atom is -0.370 e. The summed E-state index contributed by atoms with van der Waals surface area (Å²) in [6.07, 6.45) is 9.92. The van der Waals surface area contributed by atoms with Gasteiger partial charge in [0.25, 0.3) is 0 Å². The molecule has 0 saturated heterocycles. The molecule has 0 heterocycles. The van der Waals surface area contributed by atoms with Gasteiger partial charge in [0, 0.05) is 6.04 Å². The predicted molar refractivity (Wildman–Crippen MR) is 63.7 cm³/mol. The number of hydrogen-bond acceptors (Lipinski definition) is 1. The first-order chi connectivity index (χ1) is 7.27. The highest BCUT2D eigenvalue weighted by atomic mass is 15.1. The summed E-state index contributed by atoms with van der Waals surface area (Å²) in [5.41, 5.74) is 6.38. The second-order valence-electron chi connectivity index (χ2n) is 4.82. The van der Waals surface area contributed by atoms with Crippen molar-refractivity contribution in [3.63, 3.8) is 0 Å². The Hall–Kier alpha value is -0.990. The van der Waals surface area contributed by atoms with Crippen molar-refractivity contribution in [3.05, 3.63) is 12.7 Å². The van der Waals surface area contributed by atoms with E-state index in [0.717, 1.165) is 0 Å². The Labute approximate surface area is 91.8 Å². The quantitative estimate of drug-likeness (QED) is 0.421. The molecule has 0 amide bonds. The molecule has 2 saturated carbocycles. The fourth-order valence-electron chi connectivity index (χ4n) is 2.99. The molecule has 0 aliphatic heterocycles. The van der Waals surface area contributed by atoms with Gasteiger partial charge in [0.15, 0.2) is 5.96 Å². The second kappa shape index (κ2) is 4.25. The van der Waals surface area contributed by atoms with Crippen LogP contribution in [0.5, 0.6) is 0 Å². The zero-order valence-corrected chi connectivity index (χ0v) is 9.34. The Morgan fingerprint density at radius 3 is 2.73 bits per heavy atom. The van der Waals surface area contributed by atoms with Crippen molar-refractivity contribution in [2.75, 3.05) is 6.54 Å². The van der Waals surface area contributed by atoms with Crippen molar-refractivity contribution < 1.29 is 0 Å². The molecule has 0 aromatic rings.